The van der Waals surface area contributed by atoms with Gasteiger partial charge in [0.05, 0.1) is 6.20 Å². The Hall–Kier alpha value is -0.900. The van der Waals surface area contributed by atoms with Crippen molar-refractivity contribution in [3.05, 3.63) is 17.3 Å². The maximum atomic E-state index is 12.2. The number of nitrogens with zero attached hydrogens (tertiary/aromatic N) is 2. The van der Waals surface area contributed by atoms with E-state index < -0.39 is 5.82 Å². The molecule has 0 aromatic carbocycles. The smallest absolute Gasteiger partial charge is 0.224 e. The third kappa shape index (κ3) is 11.9. The van der Waals surface area contributed by atoms with Gasteiger partial charge in [-0.3, -0.25) is 0 Å². The Balaban J connectivity index is 0. The molecule has 0 spiro atoms. The summed E-state index contributed by atoms with van der Waals surface area (Å²) in [5.74, 6) is -0.880. The lowest BCUT2D eigenvalue weighted by Crippen LogP contribution is -1.95. The van der Waals surface area contributed by atoms with Crippen molar-refractivity contribution in [2.75, 3.05) is 5.73 Å². The van der Waals surface area contributed by atoms with Crippen molar-refractivity contribution < 1.29 is 4.39 Å². The number of nitrogen functional groups attached to an aromatic ring is 1. The van der Waals surface area contributed by atoms with Crippen LogP contribution in [0.3, 0.4) is 0 Å². The van der Waals surface area contributed by atoms with Gasteiger partial charge in [-0.1, -0.05) is 66.2 Å². The van der Waals surface area contributed by atoms with Crippen LogP contribution in [0.1, 0.15) is 66.2 Å². The van der Waals surface area contributed by atoms with Gasteiger partial charge >= 0.3 is 0 Å². The van der Waals surface area contributed by atoms with Crippen molar-refractivity contribution in [2.24, 2.45) is 0 Å². The molecule has 0 bridgehead atoms. The van der Waals surface area contributed by atoms with Gasteiger partial charge < -0.3 is 5.73 Å². The average Bonchev–Trinajstić information content (AvgIpc) is 2.50. The van der Waals surface area contributed by atoms with Crippen LogP contribution < -0.4 is 5.73 Å². The van der Waals surface area contributed by atoms with Crippen molar-refractivity contribution in [1.82, 2.24) is 9.97 Å². The minimum Gasteiger partial charge on any atom is -0.381 e. The number of aromatic nitrogens is 2. The zero-order valence-corrected chi connectivity index (χ0v) is 13.3. The third-order valence-corrected chi connectivity index (χ3v) is 2.42. The van der Waals surface area contributed by atoms with Crippen LogP contribution in [0, 0.1) is 5.82 Å². The van der Waals surface area contributed by atoms with Crippen molar-refractivity contribution in [2.45, 2.75) is 66.2 Å². The van der Waals surface area contributed by atoms with Crippen LogP contribution in [0.4, 0.5) is 10.2 Å². The van der Waals surface area contributed by atoms with E-state index in [4.69, 9.17) is 17.3 Å². The number of nitrogens with two attached hydrogens (primary N) is 1. The van der Waals surface area contributed by atoms with Crippen LogP contribution >= 0.6 is 11.6 Å². The first kappa shape index (κ1) is 20.4. The van der Waals surface area contributed by atoms with Gasteiger partial charge in [0.1, 0.15) is 0 Å². The van der Waals surface area contributed by atoms with E-state index >= 15 is 0 Å². The van der Waals surface area contributed by atoms with Crippen LogP contribution in [-0.4, -0.2) is 9.97 Å². The fourth-order valence-electron chi connectivity index (χ4n) is 1.42. The predicted octanol–water partition coefficient (Wildman–Crippen LogP) is 5.24. The minimum absolute atomic E-state index is 0.0473. The molecule has 112 valence electrons. The van der Waals surface area contributed by atoms with Crippen molar-refractivity contribution in [1.29, 1.82) is 0 Å². The second-order valence-electron chi connectivity index (χ2n) is 3.49. The fraction of sp³-hybridized carbons (Fsp3) is 0.714. The zero-order chi connectivity index (χ0) is 15.1. The van der Waals surface area contributed by atoms with E-state index in [0.717, 1.165) is 6.20 Å². The van der Waals surface area contributed by atoms with Crippen LogP contribution in [0.5, 0.6) is 0 Å². The highest BCUT2D eigenvalue weighted by Gasteiger charge is 1.98. The summed E-state index contributed by atoms with van der Waals surface area (Å²) in [4.78, 5) is 6.67. The van der Waals surface area contributed by atoms with E-state index in [9.17, 15) is 4.39 Å². The normalized spacial score (nSPS) is 12.7. The predicted molar refractivity (Wildman–Crippen MR) is 81.8 cm³/mol. The molecule has 1 saturated carbocycles. The quantitative estimate of drug-likeness (QED) is 0.665. The van der Waals surface area contributed by atoms with Gasteiger partial charge in [0.15, 0.2) is 11.6 Å². The molecule has 0 aliphatic heterocycles. The minimum atomic E-state index is -0.653. The fourth-order valence-corrected chi connectivity index (χ4v) is 1.56. The molecule has 1 aliphatic carbocycles. The summed E-state index contributed by atoms with van der Waals surface area (Å²) >= 11 is 5.25. The molecule has 5 heteroatoms. The summed E-state index contributed by atoms with van der Waals surface area (Å²) in [6, 6.07) is 0. The molecule has 1 heterocycles. The highest BCUT2D eigenvalue weighted by molar-refractivity contribution is 6.28. The summed E-state index contributed by atoms with van der Waals surface area (Å²) in [6.45, 7) is 8.00. The standard InChI is InChI=1S/C6H12.C4H3ClFN3.2C2H6/c1-2-4-6-5-3-1;5-4-8-1-2(6)3(7)9-4;2*1-2/h1-6H2;1H,(H2,7,8,9);2*1-2H3. The molecule has 0 amide bonds. The lowest BCUT2D eigenvalue weighted by atomic mass is 10.0. The zero-order valence-electron chi connectivity index (χ0n) is 12.5. The van der Waals surface area contributed by atoms with Gasteiger partial charge in [0.25, 0.3) is 0 Å². The maximum Gasteiger partial charge on any atom is 0.224 e. The molecular formula is C14H27ClFN3. The van der Waals surface area contributed by atoms with Crippen molar-refractivity contribution in [3.63, 3.8) is 0 Å². The highest BCUT2D eigenvalue weighted by Crippen LogP contribution is 2.15. The van der Waals surface area contributed by atoms with Gasteiger partial charge in [-0.05, 0) is 11.6 Å². The van der Waals surface area contributed by atoms with E-state index in [-0.39, 0.29) is 11.1 Å². The van der Waals surface area contributed by atoms with Crippen LogP contribution in [0.15, 0.2) is 6.20 Å². The second-order valence-corrected chi connectivity index (χ2v) is 3.83. The summed E-state index contributed by atoms with van der Waals surface area (Å²) in [6.07, 6.45) is 9.92. The second kappa shape index (κ2) is 15.2. The van der Waals surface area contributed by atoms with E-state index in [1.807, 2.05) is 27.7 Å². The van der Waals surface area contributed by atoms with Crippen LogP contribution in [0.2, 0.25) is 5.28 Å². The number of hydrogen-bond acceptors (Lipinski definition) is 3. The molecule has 1 aromatic rings. The molecule has 3 nitrogen and oxygen atoms in total. The van der Waals surface area contributed by atoms with Gasteiger partial charge in [-0.2, -0.15) is 4.98 Å². The van der Waals surface area contributed by atoms with Crippen LogP contribution in [-0.2, 0) is 0 Å². The molecule has 0 saturated heterocycles. The largest absolute Gasteiger partial charge is 0.381 e. The maximum absolute atomic E-state index is 12.2. The molecule has 2 rings (SSSR count). The molecule has 1 aromatic heterocycles. The topological polar surface area (TPSA) is 51.8 Å². The SMILES string of the molecule is C1CCCCC1.CC.CC.Nc1nc(Cl)ncc1F. The Morgan fingerprint density at radius 2 is 1.37 bits per heavy atom. The van der Waals surface area contributed by atoms with E-state index in [1.165, 1.54) is 38.5 Å². The molecule has 1 aliphatic rings. The first-order chi connectivity index (χ1) is 9.20. The number of halogens is 2. The Labute approximate surface area is 121 Å². The molecular weight excluding hydrogens is 265 g/mol. The average molecular weight is 292 g/mol. The Kier molecular flexibility index (Phi) is 16.3. The molecule has 0 atom stereocenters. The number of hydrogen-bond donors (Lipinski definition) is 1. The van der Waals surface area contributed by atoms with Gasteiger partial charge in [-0.15, -0.1) is 0 Å². The first-order valence-corrected chi connectivity index (χ1v) is 7.51. The Morgan fingerprint density at radius 3 is 1.63 bits per heavy atom. The summed E-state index contributed by atoms with van der Waals surface area (Å²) in [7, 11) is 0. The monoisotopic (exact) mass is 291 g/mol. The van der Waals surface area contributed by atoms with Gasteiger partial charge in [0, 0.05) is 0 Å². The van der Waals surface area contributed by atoms with Crippen molar-refractivity contribution in [3.8, 4) is 0 Å². The first-order valence-electron chi connectivity index (χ1n) is 7.13. The number of anilines is 1. The summed E-state index contributed by atoms with van der Waals surface area (Å²) in [5, 5.41) is -0.0473. The van der Waals surface area contributed by atoms with Gasteiger partial charge in [0.2, 0.25) is 5.28 Å². The summed E-state index contributed by atoms with van der Waals surface area (Å²) in [5.41, 5.74) is 5.01. The Bertz CT molecular complexity index is 293. The molecule has 19 heavy (non-hydrogen) atoms. The van der Waals surface area contributed by atoms with E-state index in [1.54, 1.807) is 0 Å². The van der Waals surface area contributed by atoms with Crippen molar-refractivity contribution >= 4 is 17.4 Å². The Morgan fingerprint density at radius 1 is 1.00 bits per heavy atom. The molecule has 0 radical (unpaired) electrons. The lowest BCUT2D eigenvalue weighted by Gasteiger charge is -2.05. The van der Waals surface area contributed by atoms with E-state index in [2.05, 4.69) is 9.97 Å². The van der Waals surface area contributed by atoms with Crippen LogP contribution in [0.25, 0.3) is 0 Å². The van der Waals surface area contributed by atoms with Gasteiger partial charge in [-0.25, -0.2) is 9.37 Å². The molecule has 2 N–H and O–H groups in total. The summed E-state index contributed by atoms with van der Waals surface area (Å²) < 4.78 is 12.2. The number of rotatable bonds is 0. The molecule has 1 fully saturated rings. The highest BCUT2D eigenvalue weighted by atomic mass is 35.5. The lowest BCUT2D eigenvalue weighted by molar-refractivity contribution is 0.504. The van der Waals surface area contributed by atoms with E-state index in [0.29, 0.717) is 0 Å². The third-order valence-electron chi connectivity index (χ3n) is 2.24. The molecule has 0 unspecified atom stereocenters.